The molecule has 1 amide bonds. The second-order valence-electron chi connectivity index (χ2n) is 4.25. The summed E-state index contributed by atoms with van der Waals surface area (Å²) in [5.41, 5.74) is 6.42. The molecule has 0 saturated heterocycles. The Morgan fingerprint density at radius 3 is 3.06 bits per heavy atom. The third-order valence-electron chi connectivity index (χ3n) is 2.76. The molecule has 1 heterocycles. The van der Waals surface area contributed by atoms with Gasteiger partial charge in [-0.15, -0.1) is 0 Å². The van der Waals surface area contributed by atoms with E-state index in [4.69, 9.17) is 10.5 Å². The fourth-order valence-corrected chi connectivity index (χ4v) is 2.11. The van der Waals surface area contributed by atoms with Crippen LogP contribution in [0.2, 0.25) is 0 Å². The molecule has 1 unspecified atom stereocenters. The molecule has 2 N–H and O–H groups in total. The van der Waals surface area contributed by atoms with Gasteiger partial charge < -0.3 is 15.4 Å². The van der Waals surface area contributed by atoms with Crippen molar-refractivity contribution in [3.63, 3.8) is 0 Å². The number of fused-ring (bicyclic) bond motifs is 1. The lowest BCUT2D eigenvalue weighted by Gasteiger charge is -2.31. The van der Waals surface area contributed by atoms with E-state index in [9.17, 15) is 4.79 Å². The van der Waals surface area contributed by atoms with Gasteiger partial charge in [0.2, 0.25) is 0 Å². The van der Waals surface area contributed by atoms with Crippen LogP contribution in [0.5, 0.6) is 5.75 Å². The van der Waals surface area contributed by atoms with Gasteiger partial charge in [0, 0.05) is 11.0 Å². The molecule has 1 aromatic rings. The molecule has 0 aromatic heterocycles. The Morgan fingerprint density at radius 2 is 2.35 bits per heavy atom. The van der Waals surface area contributed by atoms with Crippen molar-refractivity contribution in [2.75, 3.05) is 24.6 Å². The van der Waals surface area contributed by atoms with Crippen molar-refractivity contribution in [2.24, 2.45) is 11.7 Å². The van der Waals surface area contributed by atoms with Gasteiger partial charge in [-0.1, -0.05) is 22.9 Å². The summed E-state index contributed by atoms with van der Waals surface area (Å²) in [7, 11) is 0. The van der Waals surface area contributed by atoms with Gasteiger partial charge >= 0.3 is 0 Å². The SMILES string of the molecule is CC(CN)CN1C(=O)COc2ccc(Br)cc21. The number of nitrogens with zero attached hydrogens (tertiary/aromatic N) is 1. The van der Waals surface area contributed by atoms with E-state index in [-0.39, 0.29) is 18.4 Å². The maximum absolute atomic E-state index is 11.9. The lowest BCUT2D eigenvalue weighted by atomic mass is 10.1. The van der Waals surface area contributed by atoms with Crippen LogP contribution in [0.25, 0.3) is 0 Å². The molecule has 4 nitrogen and oxygen atoms in total. The van der Waals surface area contributed by atoms with Gasteiger partial charge in [-0.05, 0) is 30.7 Å². The number of carbonyl (C=O) groups excluding carboxylic acids is 1. The highest BCUT2D eigenvalue weighted by atomic mass is 79.9. The van der Waals surface area contributed by atoms with E-state index in [1.807, 2.05) is 25.1 Å². The van der Waals surface area contributed by atoms with Gasteiger partial charge in [-0.2, -0.15) is 0 Å². The first-order valence-electron chi connectivity index (χ1n) is 5.54. The number of amides is 1. The molecular formula is C12H15BrN2O2. The summed E-state index contributed by atoms with van der Waals surface area (Å²) in [6.07, 6.45) is 0. The van der Waals surface area contributed by atoms with Gasteiger partial charge in [0.1, 0.15) is 5.75 Å². The van der Waals surface area contributed by atoms with Crippen molar-refractivity contribution in [1.82, 2.24) is 0 Å². The molecule has 1 aromatic carbocycles. The van der Waals surface area contributed by atoms with Crippen LogP contribution < -0.4 is 15.4 Å². The fourth-order valence-electron chi connectivity index (χ4n) is 1.76. The Kier molecular flexibility index (Phi) is 3.69. The maximum atomic E-state index is 11.9. The minimum absolute atomic E-state index is 0.0177. The molecule has 5 heteroatoms. The number of nitrogens with two attached hydrogens (primary N) is 1. The molecule has 0 aliphatic carbocycles. The third kappa shape index (κ3) is 2.61. The molecule has 0 saturated carbocycles. The predicted octanol–water partition coefficient (Wildman–Crippen LogP) is 1.77. The minimum Gasteiger partial charge on any atom is -0.482 e. The molecule has 2 rings (SSSR count). The molecule has 0 spiro atoms. The van der Waals surface area contributed by atoms with E-state index < -0.39 is 0 Å². The number of rotatable bonds is 3. The highest BCUT2D eigenvalue weighted by Gasteiger charge is 2.26. The lowest BCUT2D eigenvalue weighted by molar-refractivity contribution is -0.121. The van der Waals surface area contributed by atoms with Crippen LogP contribution in [0.15, 0.2) is 22.7 Å². The molecule has 1 aliphatic rings. The van der Waals surface area contributed by atoms with E-state index >= 15 is 0 Å². The number of hydrogen-bond acceptors (Lipinski definition) is 3. The van der Waals surface area contributed by atoms with Crippen molar-refractivity contribution in [3.05, 3.63) is 22.7 Å². The Balaban J connectivity index is 2.32. The van der Waals surface area contributed by atoms with Gasteiger partial charge in [-0.3, -0.25) is 4.79 Å². The number of ether oxygens (including phenoxy) is 1. The van der Waals surface area contributed by atoms with E-state index in [0.29, 0.717) is 13.1 Å². The van der Waals surface area contributed by atoms with E-state index in [1.165, 1.54) is 0 Å². The summed E-state index contributed by atoms with van der Waals surface area (Å²) in [5.74, 6) is 0.997. The van der Waals surface area contributed by atoms with E-state index in [1.54, 1.807) is 4.90 Å². The number of anilines is 1. The molecule has 0 radical (unpaired) electrons. The van der Waals surface area contributed by atoms with E-state index in [0.717, 1.165) is 15.9 Å². The number of halogens is 1. The second-order valence-corrected chi connectivity index (χ2v) is 5.16. The Hall–Kier alpha value is -1.07. The number of benzene rings is 1. The average Bonchev–Trinajstić information content (AvgIpc) is 2.32. The average molecular weight is 299 g/mol. The van der Waals surface area contributed by atoms with Gasteiger partial charge in [0.05, 0.1) is 5.69 Å². The van der Waals surface area contributed by atoms with Crippen molar-refractivity contribution in [2.45, 2.75) is 6.92 Å². The second kappa shape index (κ2) is 5.06. The van der Waals surface area contributed by atoms with Crippen molar-refractivity contribution in [1.29, 1.82) is 0 Å². The number of hydrogen-bond donors (Lipinski definition) is 1. The Morgan fingerprint density at radius 1 is 1.59 bits per heavy atom. The number of carbonyl (C=O) groups is 1. The van der Waals surface area contributed by atoms with Crippen LogP contribution in [0, 0.1) is 5.92 Å². The molecule has 17 heavy (non-hydrogen) atoms. The van der Waals surface area contributed by atoms with Crippen LogP contribution in [0.1, 0.15) is 6.92 Å². The van der Waals surface area contributed by atoms with Crippen LogP contribution in [-0.2, 0) is 4.79 Å². The molecule has 1 atom stereocenters. The third-order valence-corrected chi connectivity index (χ3v) is 3.25. The Bertz CT molecular complexity index is 437. The van der Waals surface area contributed by atoms with Crippen molar-refractivity contribution in [3.8, 4) is 5.75 Å². The summed E-state index contributed by atoms with van der Waals surface area (Å²) in [6, 6.07) is 5.67. The summed E-state index contributed by atoms with van der Waals surface area (Å²) < 4.78 is 6.32. The maximum Gasteiger partial charge on any atom is 0.265 e. The fraction of sp³-hybridized carbons (Fsp3) is 0.417. The van der Waals surface area contributed by atoms with Gasteiger partial charge in [-0.25, -0.2) is 0 Å². The van der Waals surface area contributed by atoms with Gasteiger partial charge in [0.25, 0.3) is 5.91 Å². The normalized spacial score (nSPS) is 16.4. The summed E-state index contributed by atoms with van der Waals surface area (Å²) in [6.45, 7) is 3.32. The first kappa shape index (κ1) is 12.4. The highest BCUT2D eigenvalue weighted by Crippen LogP contribution is 2.34. The Labute approximate surface area is 109 Å². The summed E-state index contributed by atoms with van der Waals surface area (Å²) in [5, 5.41) is 0. The molecule has 1 aliphatic heterocycles. The first-order valence-corrected chi connectivity index (χ1v) is 6.34. The topological polar surface area (TPSA) is 55.6 Å². The zero-order valence-electron chi connectivity index (χ0n) is 9.65. The molecule has 0 bridgehead atoms. The standard InChI is InChI=1S/C12H15BrN2O2/c1-8(5-14)6-15-10-4-9(13)2-3-11(10)17-7-12(15)16/h2-4,8H,5-7,14H2,1H3. The monoisotopic (exact) mass is 298 g/mol. The predicted molar refractivity (Wildman–Crippen MR) is 70.2 cm³/mol. The highest BCUT2D eigenvalue weighted by molar-refractivity contribution is 9.10. The lowest BCUT2D eigenvalue weighted by Crippen LogP contribution is -2.42. The molecule has 0 fully saturated rings. The minimum atomic E-state index is -0.0177. The zero-order valence-corrected chi connectivity index (χ0v) is 11.2. The van der Waals surface area contributed by atoms with Crippen LogP contribution in [0.4, 0.5) is 5.69 Å². The largest absolute Gasteiger partial charge is 0.482 e. The first-order chi connectivity index (χ1) is 8.11. The zero-order chi connectivity index (χ0) is 12.4. The molecule has 92 valence electrons. The summed E-state index contributed by atoms with van der Waals surface area (Å²) in [4.78, 5) is 13.6. The molecular weight excluding hydrogens is 284 g/mol. The van der Waals surface area contributed by atoms with Crippen LogP contribution in [0.3, 0.4) is 0 Å². The summed E-state index contributed by atoms with van der Waals surface area (Å²) >= 11 is 3.40. The van der Waals surface area contributed by atoms with Crippen LogP contribution in [-0.4, -0.2) is 25.6 Å². The van der Waals surface area contributed by atoms with E-state index in [2.05, 4.69) is 15.9 Å². The van der Waals surface area contributed by atoms with Crippen molar-refractivity contribution >= 4 is 27.5 Å². The smallest absolute Gasteiger partial charge is 0.265 e. The quantitative estimate of drug-likeness (QED) is 0.925. The van der Waals surface area contributed by atoms with Crippen molar-refractivity contribution < 1.29 is 9.53 Å². The van der Waals surface area contributed by atoms with Gasteiger partial charge in [0.15, 0.2) is 6.61 Å². The van der Waals surface area contributed by atoms with Crippen LogP contribution >= 0.6 is 15.9 Å².